The van der Waals surface area contributed by atoms with E-state index in [1.54, 1.807) is 11.8 Å². The van der Waals surface area contributed by atoms with Gasteiger partial charge >= 0.3 is 6.18 Å². The van der Waals surface area contributed by atoms with E-state index in [1.807, 2.05) is 0 Å². The lowest BCUT2D eigenvalue weighted by Crippen LogP contribution is -2.59. The van der Waals surface area contributed by atoms with Gasteiger partial charge in [0.15, 0.2) is 17.1 Å². The quantitative estimate of drug-likeness (QED) is 0.585. The van der Waals surface area contributed by atoms with Crippen molar-refractivity contribution >= 4 is 29.1 Å². The van der Waals surface area contributed by atoms with Crippen LogP contribution in [0.3, 0.4) is 0 Å². The molecule has 1 aromatic carbocycles. The predicted molar refractivity (Wildman–Crippen MR) is 111 cm³/mol. The van der Waals surface area contributed by atoms with Crippen molar-refractivity contribution in [2.45, 2.75) is 51.2 Å². The summed E-state index contributed by atoms with van der Waals surface area (Å²) in [7, 11) is 0. The van der Waals surface area contributed by atoms with Crippen molar-refractivity contribution in [3.63, 3.8) is 0 Å². The van der Waals surface area contributed by atoms with Gasteiger partial charge < -0.3 is 4.90 Å². The Bertz CT molecular complexity index is 1120. The summed E-state index contributed by atoms with van der Waals surface area (Å²) in [5.74, 6) is -0.690. The summed E-state index contributed by atoms with van der Waals surface area (Å²) < 4.78 is 55.2. The summed E-state index contributed by atoms with van der Waals surface area (Å²) in [5, 5.41) is 11.5. The monoisotopic (exact) mass is 469 g/mol. The highest BCUT2D eigenvalue weighted by Crippen LogP contribution is 2.41. The average molecular weight is 470 g/mol. The summed E-state index contributed by atoms with van der Waals surface area (Å²) in [5.41, 5.74) is -1.87. The molecule has 2 aliphatic rings. The standard InChI is InChI=1S/C21H20ClF4N5O/c1-12-17(22)18(21(24,25)26)29-31(12)19-20(13(2)27-28-19,14-7-9-15(23)10-8-14)30-11-5-3-4-6-16(30)32/h7-10H,3-6,11H2,1-2H3. The van der Waals surface area contributed by atoms with Gasteiger partial charge in [-0.1, -0.05) is 30.2 Å². The van der Waals surface area contributed by atoms with Crippen LogP contribution in [0.25, 0.3) is 0 Å². The van der Waals surface area contributed by atoms with Crippen LogP contribution in [0.2, 0.25) is 5.02 Å². The maximum Gasteiger partial charge on any atom is 0.436 e. The van der Waals surface area contributed by atoms with Crippen LogP contribution in [0.5, 0.6) is 0 Å². The normalized spacial score (nSPS) is 22.1. The number of hydrogen-bond donors (Lipinski definition) is 0. The minimum atomic E-state index is -4.78. The second-order valence-corrected chi connectivity index (χ2v) is 8.22. The van der Waals surface area contributed by atoms with Gasteiger partial charge in [-0.05, 0) is 44.4 Å². The maximum atomic E-state index is 13.8. The first-order valence-corrected chi connectivity index (χ1v) is 10.5. The van der Waals surface area contributed by atoms with Crippen LogP contribution < -0.4 is 0 Å². The van der Waals surface area contributed by atoms with Gasteiger partial charge in [0.1, 0.15) is 5.82 Å². The molecule has 11 heteroatoms. The van der Waals surface area contributed by atoms with Crippen LogP contribution in [-0.4, -0.2) is 38.7 Å². The number of benzene rings is 1. The van der Waals surface area contributed by atoms with Crippen LogP contribution in [-0.2, 0) is 16.5 Å². The van der Waals surface area contributed by atoms with Gasteiger partial charge in [0, 0.05) is 13.0 Å². The first-order valence-electron chi connectivity index (χ1n) is 10.1. The van der Waals surface area contributed by atoms with E-state index < -0.39 is 28.2 Å². The third-order valence-electron chi connectivity index (χ3n) is 5.89. The van der Waals surface area contributed by atoms with Crippen LogP contribution in [0.1, 0.15) is 49.6 Å². The number of halogens is 5. The number of rotatable bonds is 2. The van der Waals surface area contributed by atoms with Crippen molar-refractivity contribution in [2.75, 3.05) is 6.54 Å². The van der Waals surface area contributed by atoms with E-state index in [0.29, 0.717) is 30.7 Å². The second-order valence-electron chi connectivity index (χ2n) is 7.84. The fraction of sp³-hybridized carbons (Fsp3) is 0.429. The number of nitrogens with zero attached hydrogens (tertiary/aromatic N) is 5. The van der Waals surface area contributed by atoms with E-state index in [9.17, 15) is 22.4 Å². The minimum Gasteiger partial charge on any atom is -0.321 e. The smallest absolute Gasteiger partial charge is 0.321 e. The molecule has 1 saturated heterocycles. The molecule has 3 heterocycles. The maximum absolute atomic E-state index is 13.8. The summed E-state index contributed by atoms with van der Waals surface area (Å²) in [4.78, 5) is 14.8. The number of amides is 1. The molecule has 1 fully saturated rings. The lowest BCUT2D eigenvalue weighted by Gasteiger charge is -2.42. The fourth-order valence-electron chi connectivity index (χ4n) is 4.33. The molecule has 6 nitrogen and oxygen atoms in total. The highest BCUT2D eigenvalue weighted by atomic mass is 35.5. The predicted octanol–water partition coefficient (Wildman–Crippen LogP) is 4.94. The fourth-order valence-corrected chi connectivity index (χ4v) is 4.56. The van der Waals surface area contributed by atoms with Crippen molar-refractivity contribution in [1.29, 1.82) is 0 Å². The second kappa shape index (κ2) is 7.99. The Hall–Kier alpha value is -2.75. The lowest BCUT2D eigenvalue weighted by molar-refractivity contribution is -0.141. The van der Waals surface area contributed by atoms with E-state index in [0.717, 1.165) is 11.1 Å². The molecule has 1 amide bonds. The molecule has 2 aromatic rings. The molecule has 0 N–H and O–H groups in total. The Balaban J connectivity index is 1.98. The molecule has 0 aliphatic carbocycles. The summed E-state index contributed by atoms with van der Waals surface area (Å²) >= 11 is 5.99. The van der Waals surface area contributed by atoms with Crippen molar-refractivity contribution in [2.24, 2.45) is 10.2 Å². The number of carbonyl (C=O) groups is 1. The summed E-state index contributed by atoms with van der Waals surface area (Å²) in [6, 6.07) is 5.43. The summed E-state index contributed by atoms with van der Waals surface area (Å²) in [6.45, 7) is 3.37. The highest BCUT2D eigenvalue weighted by Gasteiger charge is 2.53. The van der Waals surface area contributed by atoms with Gasteiger partial charge in [-0.15, -0.1) is 5.10 Å². The van der Waals surface area contributed by atoms with Gasteiger partial charge in [-0.3, -0.25) is 4.79 Å². The number of aromatic nitrogens is 2. The Labute approximate surface area is 186 Å². The van der Waals surface area contributed by atoms with E-state index in [-0.39, 0.29) is 23.9 Å². The minimum absolute atomic E-state index is 0.00763. The SMILES string of the molecule is CC1=NN=C(n2nc(C(F)(F)F)c(Cl)c2C)C1(c1ccc(F)cc1)N1CCCCCC1=O. The Morgan fingerprint density at radius 3 is 2.38 bits per heavy atom. The molecule has 4 rings (SSSR count). The zero-order valence-electron chi connectivity index (χ0n) is 17.4. The Kier molecular flexibility index (Phi) is 5.60. The van der Waals surface area contributed by atoms with Crippen molar-refractivity contribution in [3.05, 3.63) is 52.1 Å². The molecule has 170 valence electrons. The van der Waals surface area contributed by atoms with Gasteiger partial charge in [0.25, 0.3) is 0 Å². The first kappa shape index (κ1) is 22.4. The molecule has 0 bridgehead atoms. The Morgan fingerprint density at radius 2 is 1.75 bits per heavy atom. The third kappa shape index (κ3) is 3.41. The van der Waals surface area contributed by atoms with E-state index >= 15 is 0 Å². The van der Waals surface area contributed by atoms with Crippen molar-refractivity contribution in [1.82, 2.24) is 14.7 Å². The molecule has 0 saturated carbocycles. The number of carbonyl (C=O) groups excluding carboxylic acids is 1. The summed E-state index contributed by atoms with van der Waals surface area (Å²) in [6.07, 6.45) is -2.28. The van der Waals surface area contributed by atoms with Crippen LogP contribution in [0, 0.1) is 12.7 Å². The van der Waals surface area contributed by atoms with E-state index in [4.69, 9.17) is 11.6 Å². The molecule has 1 aromatic heterocycles. The zero-order valence-corrected chi connectivity index (χ0v) is 18.1. The molecule has 0 radical (unpaired) electrons. The van der Waals surface area contributed by atoms with E-state index in [1.165, 1.54) is 31.2 Å². The molecule has 0 spiro atoms. The highest BCUT2D eigenvalue weighted by molar-refractivity contribution is 6.32. The van der Waals surface area contributed by atoms with Gasteiger partial charge in [0.05, 0.1) is 16.4 Å². The largest absolute Gasteiger partial charge is 0.436 e. The lowest BCUT2D eigenvalue weighted by atomic mass is 9.82. The zero-order chi connectivity index (χ0) is 23.3. The average Bonchev–Trinajstić information content (AvgIpc) is 3.12. The molecular formula is C21H20ClF4N5O. The number of alkyl halides is 3. The molecule has 1 unspecified atom stereocenters. The molecule has 32 heavy (non-hydrogen) atoms. The first-order chi connectivity index (χ1) is 15.1. The Morgan fingerprint density at radius 1 is 1.06 bits per heavy atom. The van der Waals surface area contributed by atoms with Crippen molar-refractivity contribution in [3.8, 4) is 0 Å². The van der Waals surface area contributed by atoms with Crippen LogP contribution >= 0.6 is 11.6 Å². The topological polar surface area (TPSA) is 62.9 Å². The van der Waals surface area contributed by atoms with E-state index in [2.05, 4.69) is 15.3 Å². The number of hydrogen-bond acceptors (Lipinski definition) is 4. The number of likely N-dealkylation sites (tertiary alicyclic amines) is 1. The molecule has 2 aliphatic heterocycles. The molecule has 1 atom stereocenters. The van der Waals surface area contributed by atoms with Crippen LogP contribution in [0.4, 0.5) is 17.6 Å². The van der Waals surface area contributed by atoms with Crippen LogP contribution in [0.15, 0.2) is 34.5 Å². The van der Waals surface area contributed by atoms with Gasteiger partial charge in [-0.2, -0.15) is 23.4 Å². The molecular weight excluding hydrogens is 450 g/mol. The van der Waals surface area contributed by atoms with Gasteiger partial charge in [0.2, 0.25) is 5.91 Å². The third-order valence-corrected chi connectivity index (χ3v) is 6.35. The van der Waals surface area contributed by atoms with Crippen molar-refractivity contribution < 1.29 is 22.4 Å². The van der Waals surface area contributed by atoms with Gasteiger partial charge in [-0.25, -0.2) is 9.07 Å².